The Balaban J connectivity index is 1.72. The third kappa shape index (κ3) is 4.08. The average molecular weight is 375 g/mol. The third-order valence-electron chi connectivity index (χ3n) is 4.22. The second kappa shape index (κ2) is 7.48. The number of anilines is 1. The van der Waals surface area contributed by atoms with E-state index in [0.717, 1.165) is 4.90 Å². The lowest BCUT2D eigenvalue weighted by Crippen LogP contribution is -2.33. The number of carbonyl (C=O) groups excluding carboxylic acids is 2. The normalized spacial score (nSPS) is 19.0. The Bertz CT molecular complexity index is 851. The summed E-state index contributed by atoms with van der Waals surface area (Å²) in [6.45, 7) is 1.89. The van der Waals surface area contributed by atoms with Gasteiger partial charge in [-0.3, -0.25) is 14.6 Å². The van der Waals surface area contributed by atoms with Crippen molar-refractivity contribution in [3.05, 3.63) is 47.9 Å². The van der Waals surface area contributed by atoms with Gasteiger partial charge in [0, 0.05) is 25.2 Å². The standard InChI is InChI=1S/C18H18FN3O5/c1-11(23)20-9-14-10-22(18(26)27-14)13-2-3-15(16(19)8-13)12-4-6-21(7-5-12)17(24)25/h2-6,8,14H,7,9-10H2,1H3,(H,20,23)(H,24,25)/t14-/m0/s1. The molecule has 0 radical (unpaired) electrons. The van der Waals surface area contributed by atoms with Gasteiger partial charge >= 0.3 is 12.2 Å². The summed E-state index contributed by atoms with van der Waals surface area (Å²) in [5.74, 6) is -0.763. The van der Waals surface area contributed by atoms with Gasteiger partial charge in [0.2, 0.25) is 5.91 Å². The number of ether oxygens (including phenoxy) is 1. The highest BCUT2D eigenvalue weighted by Crippen LogP contribution is 2.28. The Hall–Kier alpha value is -3.36. The van der Waals surface area contributed by atoms with Crippen molar-refractivity contribution in [2.45, 2.75) is 13.0 Å². The number of hydrogen-bond acceptors (Lipinski definition) is 4. The minimum atomic E-state index is -1.08. The molecule has 27 heavy (non-hydrogen) atoms. The van der Waals surface area contributed by atoms with E-state index in [1.165, 1.54) is 36.2 Å². The van der Waals surface area contributed by atoms with Gasteiger partial charge in [0.25, 0.3) is 0 Å². The highest BCUT2D eigenvalue weighted by Gasteiger charge is 2.32. The van der Waals surface area contributed by atoms with Gasteiger partial charge in [0.05, 0.1) is 18.8 Å². The fourth-order valence-corrected chi connectivity index (χ4v) is 2.84. The Morgan fingerprint density at radius 3 is 2.78 bits per heavy atom. The lowest BCUT2D eigenvalue weighted by molar-refractivity contribution is -0.119. The van der Waals surface area contributed by atoms with Crippen molar-refractivity contribution in [2.75, 3.05) is 24.5 Å². The quantitative estimate of drug-likeness (QED) is 0.840. The van der Waals surface area contributed by atoms with Gasteiger partial charge in [0.1, 0.15) is 11.9 Å². The predicted octanol–water partition coefficient (Wildman–Crippen LogP) is 2.18. The molecule has 1 fully saturated rings. The van der Waals surface area contributed by atoms with Crippen LogP contribution in [0.15, 0.2) is 36.6 Å². The van der Waals surface area contributed by atoms with Crippen molar-refractivity contribution in [3.8, 4) is 0 Å². The number of nitrogens with one attached hydrogen (secondary N) is 1. The van der Waals surface area contributed by atoms with Crippen LogP contribution in [0.3, 0.4) is 0 Å². The molecule has 0 unspecified atom stereocenters. The zero-order valence-corrected chi connectivity index (χ0v) is 14.5. The smallest absolute Gasteiger partial charge is 0.414 e. The lowest BCUT2D eigenvalue weighted by atomic mass is 10.0. The number of allylic oxidation sites excluding steroid dienone is 2. The molecular weight excluding hydrogens is 357 g/mol. The van der Waals surface area contributed by atoms with Crippen molar-refractivity contribution in [2.24, 2.45) is 0 Å². The van der Waals surface area contributed by atoms with Gasteiger partial charge in [-0.1, -0.05) is 6.08 Å². The molecule has 9 heteroatoms. The number of benzene rings is 1. The number of hydrogen-bond donors (Lipinski definition) is 2. The molecule has 2 aliphatic rings. The molecule has 3 rings (SSSR count). The number of carboxylic acid groups (broad SMARTS) is 1. The van der Waals surface area contributed by atoms with Crippen LogP contribution in [-0.2, 0) is 9.53 Å². The monoisotopic (exact) mass is 375 g/mol. The number of amides is 3. The van der Waals surface area contributed by atoms with Gasteiger partial charge in [0.15, 0.2) is 0 Å². The zero-order chi connectivity index (χ0) is 19.6. The first-order valence-corrected chi connectivity index (χ1v) is 8.25. The van der Waals surface area contributed by atoms with Gasteiger partial charge in [-0.25, -0.2) is 14.0 Å². The topological polar surface area (TPSA) is 99.2 Å². The molecule has 2 aliphatic heterocycles. The molecule has 0 aromatic heterocycles. The molecule has 0 spiro atoms. The maximum atomic E-state index is 14.6. The zero-order valence-electron chi connectivity index (χ0n) is 14.5. The molecule has 0 aliphatic carbocycles. The lowest BCUT2D eigenvalue weighted by Gasteiger charge is -2.19. The van der Waals surface area contributed by atoms with E-state index in [2.05, 4.69) is 5.32 Å². The van der Waals surface area contributed by atoms with Crippen LogP contribution in [0.1, 0.15) is 12.5 Å². The fourth-order valence-electron chi connectivity index (χ4n) is 2.84. The molecule has 2 heterocycles. The number of rotatable bonds is 4. The molecule has 1 aromatic rings. The second-order valence-corrected chi connectivity index (χ2v) is 6.13. The molecule has 1 atom stereocenters. The second-order valence-electron chi connectivity index (χ2n) is 6.13. The summed E-state index contributed by atoms with van der Waals surface area (Å²) < 4.78 is 19.7. The summed E-state index contributed by atoms with van der Waals surface area (Å²) in [7, 11) is 0. The van der Waals surface area contributed by atoms with Crippen LogP contribution in [0.5, 0.6) is 0 Å². The largest absolute Gasteiger partial charge is 0.465 e. The first-order chi connectivity index (χ1) is 12.8. The van der Waals surface area contributed by atoms with Crippen LogP contribution in [0.4, 0.5) is 19.7 Å². The Morgan fingerprint density at radius 1 is 1.41 bits per heavy atom. The minimum absolute atomic E-state index is 0.131. The van der Waals surface area contributed by atoms with E-state index < -0.39 is 24.1 Å². The average Bonchev–Trinajstić information content (AvgIpc) is 3.01. The number of cyclic esters (lactones) is 1. The van der Waals surface area contributed by atoms with Crippen LogP contribution >= 0.6 is 0 Å². The Kier molecular flexibility index (Phi) is 5.11. The SMILES string of the molecule is CC(=O)NC[C@H]1CN(c2ccc(C3=CCN(C(=O)O)C=C3)c(F)c2)C(=O)O1. The number of carbonyl (C=O) groups is 3. The molecule has 1 saturated heterocycles. The van der Waals surface area contributed by atoms with Crippen molar-refractivity contribution in [3.63, 3.8) is 0 Å². The molecule has 142 valence electrons. The van der Waals surface area contributed by atoms with Crippen LogP contribution < -0.4 is 10.2 Å². The summed E-state index contributed by atoms with van der Waals surface area (Å²) >= 11 is 0. The number of nitrogens with zero attached hydrogens (tertiary/aromatic N) is 2. The Labute approximate surface area is 154 Å². The van der Waals surface area contributed by atoms with Crippen LogP contribution in [0.25, 0.3) is 5.57 Å². The van der Waals surface area contributed by atoms with Crippen molar-refractivity contribution < 1.29 is 28.6 Å². The van der Waals surface area contributed by atoms with E-state index in [0.29, 0.717) is 16.8 Å². The van der Waals surface area contributed by atoms with Crippen molar-refractivity contribution >= 4 is 29.4 Å². The Morgan fingerprint density at radius 2 is 2.19 bits per heavy atom. The number of halogens is 1. The molecule has 3 amide bonds. The summed E-state index contributed by atoms with van der Waals surface area (Å²) in [6.07, 6.45) is 2.30. The van der Waals surface area contributed by atoms with E-state index in [-0.39, 0.29) is 25.5 Å². The van der Waals surface area contributed by atoms with Crippen LogP contribution in [-0.4, -0.2) is 53.8 Å². The van der Waals surface area contributed by atoms with E-state index >= 15 is 0 Å². The van der Waals surface area contributed by atoms with E-state index in [4.69, 9.17) is 9.84 Å². The maximum Gasteiger partial charge on any atom is 0.414 e. The van der Waals surface area contributed by atoms with E-state index in [1.54, 1.807) is 12.1 Å². The van der Waals surface area contributed by atoms with Gasteiger partial charge < -0.3 is 15.2 Å². The minimum Gasteiger partial charge on any atom is -0.465 e. The third-order valence-corrected chi connectivity index (χ3v) is 4.22. The van der Waals surface area contributed by atoms with Gasteiger partial charge in [-0.15, -0.1) is 0 Å². The maximum absolute atomic E-state index is 14.6. The summed E-state index contributed by atoms with van der Waals surface area (Å²) in [5, 5.41) is 11.5. The van der Waals surface area contributed by atoms with Crippen LogP contribution in [0.2, 0.25) is 0 Å². The summed E-state index contributed by atoms with van der Waals surface area (Å²) in [5.41, 5.74) is 1.21. The van der Waals surface area contributed by atoms with Crippen LogP contribution in [0, 0.1) is 5.82 Å². The molecule has 1 aromatic carbocycles. The molecular formula is C18H18FN3O5. The van der Waals surface area contributed by atoms with E-state index in [9.17, 15) is 18.8 Å². The molecule has 0 saturated carbocycles. The van der Waals surface area contributed by atoms with Crippen molar-refractivity contribution in [1.82, 2.24) is 10.2 Å². The molecule has 0 bridgehead atoms. The summed E-state index contributed by atoms with van der Waals surface area (Å²) in [6, 6.07) is 4.36. The van der Waals surface area contributed by atoms with Gasteiger partial charge in [-0.2, -0.15) is 0 Å². The summed E-state index contributed by atoms with van der Waals surface area (Å²) in [4.78, 5) is 36.2. The first-order valence-electron chi connectivity index (χ1n) is 8.25. The van der Waals surface area contributed by atoms with Gasteiger partial charge in [-0.05, 0) is 29.8 Å². The van der Waals surface area contributed by atoms with E-state index in [1.807, 2.05) is 0 Å². The first kappa shape index (κ1) is 18.4. The highest BCUT2D eigenvalue weighted by molar-refractivity contribution is 5.90. The fraction of sp³-hybridized carbons (Fsp3) is 0.278. The predicted molar refractivity (Wildman–Crippen MR) is 94.5 cm³/mol. The highest BCUT2D eigenvalue weighted by atomic mass is 19.1. The molecule has 8 nitrogen and oxygen atoms in total. The molecule has 2 N–H and O–H groups in total. The van der Waals surface area contributed by atoms with Crippen molar-refractivity contribution in [1.29, 1.82) is 0 Å².